The van der Waals surface area contributed by atoms with E-state index in [9.17, 15) is 22.8 Å². The standard InChI is InChI=1S/C27H30Cl2F3N5O2/c1-5-6-13-36(25(39)33-21-10-8-7-9-18(21)27(30,31)32)16-24(38)34-23-15-22(26(2,3)4)35-37(23)17-11-12-19(28)20(29)14-17/h7-12,14-15H,5-6,13,16H2,1-4H3,(H,33,39)(H,34,38). The lowest BCUT2D eigenvalue weighted by atomic mass is 9.92. The van der Waals surface area contributed by atoms with Gasteiger partial charge in [-0.3, -0.25) is 4.79 Å². The van der Waals surface area contributed by atoms with Crippen molar-refractivity contribution in [3.05, 3.63) is 69.8 Å². The minimum Gasteiger partial charge on any atom is -0.315 e. The molecule has 0 fully saturated rings. The minimum absolute atomic E-state index is 0.170. The van der Waals surface area contributed by atoms with E-state index in [1.807, 2.05) is 27.7 Å². The molecule has 0 bridgehead atoms. The van der Waals surface area contributed by atoms with E-state index >= 15 is 0 Å². The van der Waals surface area contributed by atoms with Crippen LogP contribution in [0, 0.1) is 0 Å². The number of amides is 3. The molecule has 2 N–H and O–H groups in total. The number of aromatic nitrogens is 2. The number of hydrogen-bond acceptors (Lipinski definition) is 3. The van der Waals surface area contributed by atoms with Gasteiger partial charge < -0.3 is 15.5 Å². The number of unbranched alkanes of at least 4 members (excludes halogenated alkanes) is 1. The third kappa shape index (κ3) is 7.89. The fourth-order valence-corrected chi connectivity index (χ4v) is 3.93. The third-order valence-electron chi connectivity index (χ3n) is 5.77. The van der Waals surface area contributed by atoms with Gasteiger partial charge in [0.25, 0.3) is 0 Å². The van der Waals surface area contributed by atoms with Crippen LogP contribution in [0.5, 0.6) is 0 Å². The molecule has 0 aliphatic heterocycles. The van der Waals surface area contributed by atoms with E-state index in [1.54, 1.807) is 24.3 Å². The molecule has 3 rings (SSSR count). The summed E-state index contributed by atoms with van der Waals surface area (Å²) < 4.78 is 41.7. The second kappa shape index (κ2) is 12.3. The first-order valence-corrected chi connectivity index (χ1v) is 13.0. The summed E-state index contributed by atoms with van der Waals surface area (Å²) in [6.07, 6.45) is -3.39. The summed E-state index contributed by atoms with van der Waals surface area (Å²) in [6.45, 7) is 7.58. The molecule has 0 radical (unpaired) electrons. The molecule has 0 aliphatic carbocycles. The van der Waals surface area contributed by atoms with E-state index in [4.69, 9.17) is 23.2 Å². The molecule has 210 valence electrons. The van der Waals surface area contributed by atoms with Crippen molar-refractivity contribution < 1.29 is 22.8 Å². The summed E-state index contributed by atoms with van der Waals surface area (Å²) in [5, 5.41) is 10.4. The number of nitrogens with zero attached hydrogens (tertiary/aromatic N) is 3. The van der Waals surface area contributed by atoms with Crippen LogP contribution in [0.25, 0.3) is 5.69 Å². The van der Waals surface area contributed by atoms with Gasteiger partial charge >= 0.3 is 12.2 Å². The Labute approximate surface area is 235 Å². The van der Waals surface area contributed by atoms with Crippen LogP contribution in [0.1, 0.15) is 51.8 Å². The molecule has 0 aliphatic rings. The van der Waals surface area contributed by atoms with Crippen LogP contribution in [0.15, 0.2) is 48.5 Å². The molecule has 1 aromatic heterocycles. The molecule has 1 heterocycles. The Kier molecular flexibility index (Phi) is 9.55. The maximum atomic E-state index is 13.4. The van der Waals surface area contributed by atoms with Crippen LogP contribution in [0.3, 0.4) is 0 Å². The number of nitrogens with one attached hydrogen (secondary N) is 2. The van der Waals surface area contributed by atoms with Crippen LogP contribution < -0.4 is 10.6 Å². The lowest BCUT2D eigenvalue weighted by molar-refractivity contribution is -0.137. The molecule has 0 spiro atoms. The van der Waals surface area contributed by atoms with Crippen molar-refractivity contribution in [3.63, 3.8) is 0 Å². The molecule has 0 atom stereocenters. The number of anilines is 2. The Morgan fingerprint density at radius 3 is 2.31 bits per heavy atom. The zero-order valence-electron chi connectivity index (χ0n) is 22.0. The predicted octanol–water partition coefficient (Wildman–Crippen LogP) is 7.77. The summed E-state index contributed by atoms with van der Waals surface area (Å²) in [4.78, 5) is 27.3. The van der Waals surface area contributed by atoms with Crippen LogP contribution >= 0.6 is 23.2 Å². The predicted molar refractivity (Wildman–Crippen MR) is 148 cm³/mol. The van der Waals surface area contributed by atoms with Crippen molar-refractivity contribution in [2.24, 2.45) is 0 Å². The van der Waals surface area contributed by atoms with Gasteiger partial charge in [0, 0.05) is 18.0 Å². The quantitative estimate of drug-likeness (QED) is 0.284. The van der Waals surface area contributed by atoms with Crippen molar-refractivity contribution in [1.82, 2.24) is 14.7 Å². The molecule has 7 nitrogen and oxygen atoms in total. The lowest BCUT2D eigenvalue weighted by Gasteiger charge is -2.23. The maximum absolute atomic E-state index is 13.4. The summed E-state index contributed by atoms with van der Waals surface area (Å²) in [7, 11) is 0. The zero-order valence-corrected chi connectivity index (χ0v) is 23.5. The van der Waals surface area contributed by atoms with Crippen molar-refractivity contribution >= 4 is 46.6 Å². The Morgan fingerprint density at radius 1 is 1.00 bits per heavy atom. The Hall–Kier alpha value is -3.24. The average molecular weight is 584 g/mol. The molecule has 0 saturated heterocycles. The van der Waals surface area contributed by atoms with Gasteiger partial charge in [-0.2, -0.15) is 18.3 Å². The Morgan fingerprint density at radius 2 is 1.69 bits per heavy atom. The van der Waals surface area contributed by atoms with Crippen LogP contribution in [-0.2, 0) is 16.4 Å². The monoisotopic (exact) mass is 583 g/mol. The van der Waals surface area contributed by atoms with Gasteiger partial charge in [-0.25, -0.2) is 9.48 Å². The molecule has 12 heteroatoms. The van der Waals surface area contributed by atoms with Crippen molar-refractivity contribution in [2.75, 3.05) is 23.7 Å². The highest BCUT2D eigenvalue weighted by atomic mass is 35.5. The largest absolute Gasteiger partial charge is 0.418 e. The molecule has 39 heavy (non-hydrogen) atoms. The van der Waals surface area contributed by atoms with E-state index in [-0.39, 0.29) is 17.6 Å². The highest BCUT2D eigenvalue weighted by Crippen LogP contribution is 2.35. The fraction of sp³-hybridized carbons (Fsp3) is 0.370. The highest BCUT2D eigenvalue weighted by molar-refractivity contribution is 6.42. The topological polar surface area (TPSA) is 79.3 Å². The maximum Gasteiger partial charge on any atom is 0.418 e. The number of benzene rings is 2. The summed E-state index contributed by atoms with van der Waals surface area (Å²) >= 11 is 12.2. The van der Waals surface area contributed by atoms with Crippen LogP contribution in [-0.4, -0.2) is 39.7 Å². The van der Waals surface area contributed by atoms with E-state index in [0.29, 0.717) is 40.1 Å². The van der Waals surface area contributed by atoms with Crippen molar-refractivity contribution in [3.8, 4) is 5.69 Å². The van der Waals surface area contributed by atoms with Crippen LogP contribution in [0.2, 0.25) is 10.0 Å². The molecular formula is C27H30Cl2F3N5O2. The van der Waals surface area contributed by atoms with E-state index in [2.05, 4.69) is 15.7 Å². The molecule has 2 aromatic carbocycles. The van der Waals surface area contributed by atoms with E-state index in [1.165, 1.54) is 27.8 Å². The number of rotatable bonds is 8. The second-order valence-electron chi connectivity index (χ2n) is 9.97. The molecule has 3 amide bonds. The minimum atomic E-state index is -4.65. The van der Waals surface area contributed by atoms with Gasteiger partial charge in [-0.15, -0.1) is 0 Å². The van der Waals surface area contributed by atoms with Gasteiger partial charge in [-0.05, 0) is 36.8 Å². The van der Waals surface area contributed by atoms with Gasteiger partial charge in [0.15, 0.2) is 0 Å². The average Bonchev–Trinajstić information content (AvgIpc) is 3.27. The van der Waals surface area contributed by atoms with E-state index in [0.717, 1.165) is 6.07 Å². The van der Waals surface area contributed by atoms with Gasteiger partial charge in [0.2, 0.25) is 5.91 Å². The van der Waals surface area contributed by atoms with Gasteiger partial charge in [0.05, 0.1) is 32.7 Å². The third-order valence-corrected chi connectivity index (χ3v) is 6.51. The summed E-state index contributed by atoms with van der Waals surface area (Å²) in [6, 6.07) is 10.5. The van der Waals surface area contributed by atoms with E-state index < -0.39 is 30.2 Å². The number of alkyl halides is 3. The normalized spacial score (nSPS) is 11.8. The van der Waals surface area contributed by atoms with Gasteiger partial charge in [-0.1, -0.05) is 69.5 Å². The van der Waals surface area contributed by atoms with Crippen molar-refractivity contribution in [2.45, 2.75) is 52.1 Å². The number of hydrogen-bond donors (Lipinski definition) is 2. The second-order valence-corrected chi connectivity index (χ2v) is 10.8. The fourth-order valence-electron chi connectivity index (χ4n) is 3.64. The number of halogens is 5. The molecule has 3 aromatic rings. The summed E-state index contributed by atoms with van der Waals surface area (Å²) in [5.41, 5.74) is -0.462. The Balaban J connectivity index is 1.85. The Bertz CT molecular complexity index is 1340. The highest BCUT2D eigenvalue weighted by Gasteiger charge is 2.34. The number of carbonyl (C=O) groups excluding carboxylic acids is 2. The lowest BCUT2D eigenvalue weighted by Crippen LogP contribution is -2.41. The summed E-state index contributed by atoms with van der Waals surface area (Å²) in [5.74, 6) is -0.214. The smallest absolute Gasteiger partial charge is 0.315 e. The molecular weight excluding hydrogens is 554 g/mol. The zero-order chi connectivity index (χ0) is 29.0. The SMILES string of the molecule is CCCCN(CC(=O)Nc1cc(C(C)(C)C)nn1-c1ccc(Cl)c(Cl)c1)C(=O)Nc1ccccc1C(F)(F)F. The van der Waals surface area contributed by atoms with Crippen LogP contribution in [0.4, 0.5) is 29.5 Å². The van der Waals surface area contributed by atoms with Gasteiger partial charge in [0.1, 0.15) is 12.4 Å². The first kappa shape index (κ1) is 30.3. The first-order chi connectivity index (χ1) is 18.2. The number of carbonyl (C=O) groups is 2. The first-order valence-electron chi connectivity index (χ1n) is 12.3. The molecule has 0 unspecified atom stereocenters. The van der Waals surface area contributed by atoms with Crippen molar-refractivity contribution in [1.29, 1.82) is 0 Å². The molecule has 0 saturated carbocycles. The number of para-hydroxylation sites is 1. The number of urea groups is 1.